The number of nitrogens with zero attached hydrogens (tertiary/aromatic N) is 8. The van der Waals surface area contributed by atoms with Crippen LogP contribution in [0.2, 0.25) is 0 Å². The van der Waals surface area contributed by atoms with Crippen LogP contribution in [-0.4, -0.2) is 159 Å². The first-order valence-corrected chi connectivity index (χ1v) is 20.8. The second kappa shape index (κ2) is 21.6. The van der Waals surface area contributed by atoms with Crippen LogP contribution in [0.4, 0.5) is 15.4 Å². The number of aryl methyl sites for hydroxylation is 1. The summed E-state index contributed by atoms with van der Waals surface area (Å²) < 4.78 is 23.7. The minimum Gasteiger partial charge on any atom is -0.481 e. The molecule has 350 valence electrons. The minimum atomic E-state index is -1.56. The SMILES string of the molecule is COC(=O)[C@H]1O[C@@H](Oc2ccc(COC(=O)N(C)CCN(C)C(=O)n3ccc4c(N(C)[C@H]5CN(C(=O)CC#N)CC[C@H]5C)ncnc43)cc2C)[C@H](CC(=O)O)[C@@H](CC(=O)O)[C@@H]1CC(=O)O. The van der Waals surface area contributed by atoms with Crippen molar-refractivity contribution in [2.75, 3.05) is 59.3 Å². The number of esters is 1. The summed E-state index contributed by atoms with van der Waals surface area (Å²) in [5.74, 6) is -7.74. The molecule has 22 nitrogen and oxygen atoms in total. The maximum atomic E-state index is 13.6. The number of ether oxygens (including phenoxy) is 4. The molecule has 2 fully saturated rings. The molecule has 0 spiro atoms. The molecule has 3 amide bonds. The summed E-state index contributed by atoms with van der Waals surface area (Å²) in [4.78, 5) is 103. The Kier molecular flexibility index (Phi) is 16.3. The van der Waals surface area contributed by atoms with Gasteiger partial charge in [0.2, 0.25) is 12.2 Å². The number of likely N-dealkylation sites (tertiary alicyclic amines) is 1. The van der Waals surface area contributed by atoms with Crippen LogP contribution >= 0.6 is 0 Å². The van der Waals surface area contributed by atoms with Gasteiger partial charge in [-0.15, -0.1) is 0 Å². The number of piperidine rings is 1. The Balaban J connectivity index is 1.19. The van der Waals surface area contributed by atoms with Crippen LogP contribution in [0.25, 0.3) is 11.0 Å². The van der Waals surface area contributed by atoms with E-state index in [9.17, 15) is 48.9 Å². The Labute approximate surface area is 374 Å². The van der Waals surface area contributed by atoms with E-state index in [2.05, 4.69) is 16.9 Å². The third-order valence-electron chi connectivity index (χ3n) is 12.0. The Morgan fingerprint density at radius 1 is 0.923 bits per heavy atom. The summed E-state index contributed by atoms with van der Waals surface area (Å²) >= 11 is 0. The fourth-order valence-electron chi connectivity index (χ4n) is 8.44. The molecule has 0 unspecified atom stereocenters. The van der Waals surface area contributed by atoms with Crippen molar-refractivity contribution in [2.24, 2.45) is 23.7 Å². The number of hydrogen-bond acceptors (Lipinski definition) is 15. The maximum Gasteiger partial charge on any atom is 0.409 e. The lowest BCUT2D eigenvalue weighted by Crippen LogP contribution is -2.54. The van der Waals surface area contributed by atoms with Gasteiger partial charge in [-0.25, -0.2) is 24.4 Å². The third-order valence-corrected chi connectivity index (χ3v) is 12.0. The van der Waals surface area contributed by atoms with Gasteiger partial charge in [-0.1, -0.05) is 13.0 Å². The lowest BCUT2D eigenvalue weighted by atomic mass is 9.71. The number of fused-ring (bicyclic) bond motifs is 1. The van der Waals surface area contributed by atoms with Gasteiger partial charge in [0.15, 0.2) is 11.8 Å². The van der Waals surface area contributed by atoms with E-state index in [0.29, 0.717) is 41.1 Å². The molecule has 22 heteroatoms. The standard InChI is InChI=1S/C43H54N8O14/c1-24-10-13-50(33(52)9-12-44)21-31(24)49(5)38-27-11-14-51(39(27)46-23-45-38)42(60)47(3)15-16-48(4)43(61)63-22-26-7-8-32(25(2)17-26)64-41-30(20-36(57)58)28(18-34(53)54)29(19-35(55)56)37(65-41)40(59)62-6/h7-8,11,14,17,23-24,28-31,37,41H,9-10,13,15-16,18-22H2,1-6H3,(H,53,54)(H,55,56)(H,57,58)/t24-,28+,29+,30-,31+,37+,41-/m1/s1. The number of likely N-dealkylation sites (N-methyl/N-ethyl adjacent to an activating group) is 3. The van der Waals surface area contributed by atoms with Crippen molar-refractivity contribution in [3.63, 3.8) is 0 Å². The molecule has 4 heterocycles. The van der Waals surface area contributed by atoms with E-state index in [-0.39, 0.29) is 49.7 Å². The highest BCUT2D eigenvalue weighted by atomic mass is 16.7. The summed E-state index contributed by atoms with van der Waals surface area (Å²) in [7, 11) is 6.04. The van der Waals surface area contributed by atoms with Crippen LogP contribution in [0.3, 0.4) is 0 Å². The van der Waals surface area contributed by atoms with Crippen molar-refractivity contribution >= 4 is 58.8 Å². The van der Waals surface area contributed by atoms with E-state index in [4.69, 9.17) is 24.2 Å². The van der Waals surface area contributed by atoms with Gasteiger partial charge in [0.25, 0.3) is 0 Å². The predicted octanol–water partition coefficient (Wildman–Crippen LogP) is 3.04. The van der Waals surface area contributed by atoms with Crippen LogP contribution in [0.5, 0.6) is 5.75 Å². The number of carbonyl (C=O) groups is 7. The Morgan fingerprint density at radius 2 is 1.58 bits per heavy atom. The highest BCUT2D eigenvalue weighted by Gasteiger charge is 2.52. The molecule has 65 heavy (non-hydrogen) atoms. The van der Waals surface area contributed by atoms with Crippen molar-refractivity contribution in [1.82, 2.24) is 29.2 Å². The summed E-state index contributed by atoms with van der Waals surface area (Å²) in [6, 6.07) is 7.90. The van der Waals surface area contributed by atoms with Gasteiger partial charge >= 0.3 is 36.0 Å². The number of amides is 3. The van der Waals surface area contributed by atoms with Crippen LogP contribution in [0.1, 0.15) is 50.2 Å². The number of nitriles is 1. The molecule has 1 aromatic carbocycles. The van der Waals surface area contributed by atoms with Crippen LogP contribution in [-0.2, 0) is 44.8 Å². The molecule has 2 saturated heterocycles. The van der Waals surface area contributed by atoms with E-state index in [1.807, 2.05) is 18.0 Å². The molecular weight excluding hydrogens is 853 g/mol. The average Bonchev–Trinajstić information content (AvgIpc) is 3.70. The van der Waals surface area contributed by atoms with Gasteiger partial charge in [-0.2, -0.15) is 5.26 Å². The van der Waals surface area contributed by atoms with E-state index < -0.39 is 85.4 Å². The zero-order valence-corrected chi connectivity index (χ0v) is 37.0. The number of benzene rings is 1. The zero-order valence-electron chi connectivity index (χ0n) is 37.0. The number of methoxy groups -OCH3 is 1. The van der Waals surface area contributed by atoms with Crippen molar-refractivity contribution in [3.8, 4) is 11.8 Å². The van der Waals surface area contributed by atoms with Crippen molar-refractivity contribution < 1.29 is 67.8 Å². The lowest BCUT2D eigenvalue weighted by Gasteiger charge is -2.44. The van der Waals surface area contributed by atoms with Crippen LogP contribution in [0.15, 0.2) is 36.8 Å². The Hall–Kier alpha value is -7.02. The molecule has 2 aliphatic heterocycles. The molecule has 7 atom stereocenters. The zero-order chi connectivity index (χ0) is 47.7. The first-order valence-electron chi connectivity index (χ1n) is 20.8. The molecule has 0 saturated carbocycles. The van der Waals surface area contributed by atoms with Crippen molar-refractivity contribution in [2.45, 2.75) is 71.0 Å². The summed E-state index contributed by atoms with van der Waals surface area (Å²) in [5, 5.41) is 38.6. The smallest absolute Gasteiger partial charge is 0.409 e. The summed E-state index contributed by atoms with van der Waals surface area (Å²) in [6.07, 6.45) is -2.16. The number of carbonyl (C=O) groups excluding carboxylic acids is 4. The molecule has 5 rings (SSSR count). The molecule has 0 radical (unpaired) electrons. The highest BCUT2D eigenvalue weighted by Crippen LogP contribution is 2.43. The predicted molar refractivity (Wildman–Crippen MR) is 226 cm³/mol. The third kappa shape index (κ3) is 11.8. The number of carboxylic acids is 3. The van der Waals surface area contributed by atoms with Crippen LogP contribution < -0.4 is 9.64 Å². The van der Waals surface area contributed by atoms with E-state index >= 15 is 0 Å². The lowest BCUT2D eigenvalue weighted by molar-refractivity contribution is -0.233. The first kappa shape index (κ1) is 49.0. The first-order chi connectivity index (χ1) is 30.8. The van der Waals surface area contributed by atoms with Gasteiger partial charge in [0, 0.05) is 71.8 Å². The highest BCUT2D eigenvalue weighted by molar-refractivity contribution is 5.95. The molecule has 3 aromatic rings. The number of hydrogen-bond donors (Lipinski definition) is 3. The number of rotatable bonds is 17. The largest absolute Gasteiger partial charge is 0.481 e. The molecule has 0 aliphatic carbocycles. The van der Waals surface area contributed by atoms with Gasteiger partial charge in [-0.05, 0) is 54.5 Å². The number of aromatic nitrogens is 3. The molecule has 3 N–H and O–H groups in total. The fraction of sp³-hybridized carbons (Fsp3) is 0.535. The topological polar surface area (TPSA) is 285 Å². The van der Waals surface area contributed by atoms with E-state index in [1.54, 1.807) is 43.3 Å². The van der Waals surface area contributed by atoms with Gasteiger partial charge < -0.3 is 53.9 Å². The molecule has 0 bridgehead atoms. The number of carboxylic acid groups (broad SMARTS) is 3. The Morgan fingerprint density at radius 3 is 2.23 bits per heavy atom. The van der Waals surface area contributed by atoms with Gasteiger partial charge in [-0.3, -0.25) is 23.7 Å². The van der Waals surface area contributed by atoms with Gasteiger partial charge in [0.1, 0.15) is 30.9 Å². The van der Waals surface area contributed by atoms with E-state index in [0.717, 1.165) is 13.5 Å². The van der Waals surface area contributed by atoms with E-state index in [1.165, 1.54) is 33.8 Å². The van der Waals surface area contributed by atoms with Crippen LogP contribution in [0, 0.1) is 41.9 Å². The normalized spacial score (nSPS) is 21.7. The fourth-order valence-corrected chi connectivity index (χ4v) is 8.44. The summed E-state index contributed by atoms with van der Waals surface area (Å²) in [6.45, 7) is 4.83. The number of aliphatic carboxylic acids is 3. The second-order valence-electron chi connectivity index (χ2n) is 16.4. The van der Waals surface area contributed by atoms with Crippen molar-refractivity contribution in [1.29, 1.82) is 5.26 Å². The minimum absolute atomic E-state index is 0.0893. The Bertz CT molecular complexity index is 2310. The van der Waals surface area contributed by atoms with Gasteiger partial charge in [0.05, 0.1) is 37.4 Å². The maximum absolute atomic E-state index is 13.6. The quantitative estimate of drug-likeness (QED) is 0.164. The number of anilines is 1. The summed E-state index contributed by atoms with van der Waals surface area (Å²) in [5.41, 5.74) is 1.41. The molecule has 2 aliphatic rings. The molecule has 2 aromatic heterocycles. The average molecular weight is 907 g/mol. The molecular formula is C43H54N8O14. The van der Waals surface area contributed by atoms with Crippen molar-refractivity contribution in [3.05, 3.63) is 47.9 Å². The second-order valence-corrected chi connectivity index (χ2v) is 16.4. The monoisotopic (exact) mass is 906 g/mol.